The fraction of sp³-hybridized carbons (Fsp3) is 1.00. The average Bonchev–Trinajstić information content (AvgIpc) is 2.35. The molecule has 0 aromatic carbocycles. The van der Waals surface area contributed by atoms with Crippen LogP contribution < -0.4 is 0 Å². The van der Waals surface area contributed by atoms with Gasteiger partial charge in [0.2, 0.25) is 0 Å². The number of halogens is 1. The second-order valence-corrected chi connectivity index (χ2v) is 6.08. The summed E-state index contributed by atoms with van der Waals surface area (Å²) in [6.45, 7) is 2.39. The molecule has 0 nitrogen and oxygen atoms in total. The lowest BCUT2D eigenvalue weighted by molar-refractivity contribution is 0.533. The van der Waals surface area contributed by atoms with E-state index in [9.17, 15) is 0 Å². The standard InChI is InChI=1S/C8H13BrS/c1-5-2-6-7(9)4-10-8(6)3-5/h5-8H,2-4H2,1H3. The number of hydrogen-bond donors (Lipinski definition) is 0. The molecule has 2 rings (SSSR count). The summed E-state index contributed by atoms with van der Waals surface area (Å²) in [5, 5.41) is 0.999. The molecule has 0 radical (unpaired) electrons. The Morgan fingerprint density at radius 1 is 1.40 bits per heavy atom. The van der Waals surface area contributed by atoms with Gasteiger partial charge in [0, 0.05) is 15.8 Å². The molecule has 2 fully saturated rings. The van der Waals surface area contributed by atoms with Crippen LogP contribution in [0.15, 0.2) is 0 Å². The summed E-state index contributed by atoms with van der Waals surface area (Å²) in [6, 6.07) is 0. The Labute approximate surface area is 75.3 Å². The first kappa shape index (κ1) is 7.48. The van der Waals surface area contributed by atoms with Crippen LogP contribution >= 0.6 is 27.7 Å². The molecule has 0 amide bonds. The van der Waals surface area contributed by atoms with Gasteiger partial charge in [-0.1, -0.05) is 22.9 Å². The lowest BCUT2D eigenvalue weighted by atomic mass is 10.0. The number of hydrogen-bond acceptors (Lipinski definition) is 1. The van der Waals surface area contributed by atoms with Crippen LogP contribution in [-0.4, -0.2) is 15.8 Å². The molecular weight excluding hydrogens is 208 g/mol. The monoisotopic (exact) mass is 220 g/mol. The fourth-order valence-corrected chi connectivity index (χ4v) is 5.13. The Bertz CT molecular complexity index is 137. The molecule has 58 valence electrons. The second-order valence-electron chi connectivity index (χ2n) is 3.63. The molecule has 0 aromatic rings. The van der Waals surface area contributed by atoms with E-state index in [1.165, 1.54) is 18.6 Å². The molecule has 0 aromatic heterocycles. The van der Waals surface area contributed by atoms with E-state index in [1.54, 1.807) is 0 Å². The van der Waals surface area contributed by atoms with Gasteiger partial charge in [-0.3, -0.25) is 0 Å². The van der Waals surface area contributed by atoms with Gasteiger partial charge < -0.3 is 0 Å². The topological polar surface area (TPSA) is 0 Å². The molecule has 1 saturated carbocycles. The maximum atomic E-state index is 3.75. The van der Waals surface area contributed by atoms with Crippen molar-refractivity contribution in [1.29, 1.82) is 0 Å². The van der Waals surface area contributed by atoms with Gasteiger partial charge in [-0.05, 0) is 24.7 Å². The number of alkyl halides is 1. The maximum absolute atomic E-state index is 3.75. The minimum absolute atomic E-state index is 0.826. The molecule has 2 aliphatic rings. The first-order valence-corrected chi connectivity index (χ1v) is 5.99. The molecule has 1 saturated heterocycles. The van der Waals surface area contributed by atoms with E-state index in [0.29, 0.717) is 0 Å². The minimum atomic E-state index is 0.826. The predicted molar refractivity (Wildman–Crippen MR) is 50.8 cm³/mol. The molecule has 0 N–H and O–H groups in total. The summed E-state index contributed by atoms with van der Waals surface area (Å²) < 4.78 is 0. The van der Waals surface area contributed by atoms with Crippen molar-refractivity contribution in [3.05, 3.63) is 0 Å². The van der Waals surface area contributed by atoms with Gasteiger partial charge in [0.15, 0.2) is 0 Å². The van der Waals surface area contributed by atoms with Gasteiger partial charge in [0.05, 0.1) is 0 Å². The van der Waals surface area contributed by atoms with Crippen molar-refractivity contribution in [2.45, 2.75) is 29.8 Å². The van der Waals surface area contributed by atoms with Crippen molar-refractivity contribution in [2.24, 2.45) is 11.8 Å². The van der Waals surface area contributed by atoms with Crippen molar-refractivity contribution in [2.75, 3.05) is 5.75 Å². The van der Waals surface area contributed by atoms with Crippen molar-refractivity contribution in [1.82, 2.24) is 0 Å². The quantitative estimate of drug-likeness (QED) is 0.567. The van der Waals surface area contributed by atoms with Crippen molar-refractivity contribution >= 4 is 27.7 Å². The zero-order valence-electron chi connectivity index (χ0n) is 6.22. The lowest BCUT2D eigenvalue weighted by Gasteiger charge is -2.09. The van der Waals surface area contributed by atoms with E-state index in [1.807, 2.05) is 0 Å². The van der Waals surface area contributed by atoms with Gasteiger partial charge in [-0.2, -0.15) is 11.8 Å². The first-order chi connectivity index (χ1) is 4.77. The van der Waals surface area contributed by atoms with Crippen LogP contribution in [-0.2, 0) is 0 Å². The highest BCUT2D eigenvalue weighted by molar-refractivity contribution is 9.09. The molecule has 0 spiro atoms. The molecule has 1 heterocycles. The van der Waals surface area contributed by atoms with E-state index in [-0.39, 0.29) is 0 Å². The third kappa shape index (κ3) is 1.14. The first-order valence-electron chi connectivity index (χ1n) is 4.03. The van der Waals surface area contributed by atoms with Gasteiger partial charge >= 0.3 is 0 Å². The highest BCUT2D eigenvalue weighted by atomic mass is 79.9. The van der Waals surface area contributed by atoms with E-state index in [2.05, 4.69) is 34.6 Å². The minimum Gasteiger partial charge on any atom is -0.157 e. The Kier molecular flexibility index (Phi) is 2.02. The number of fused-ring (bicyclic) bond motifs is 1. The second kappa shape index (κ2) is 2.71. The third-order valence-electron chi connectivity index (χ3n) is 2.72. The summed E-state index contributed by atoms with van der Waals surface area (Å²) in [5.74, 6) is 3.34. The van der Waals surface area contributed by atoms with Crippen LogP contribution in [0.1, 0.15) is 19.8 Å². The van der Waals surface area contributed by atoms with Crippen LogP contribution in [0.4, 0.5) is 0 Å². The lowest BCUT2D eigenvalue weighted by Crippen LogP contribution is -2.12. The molecule has 2 heteroatoms. The molecule has 4 unspecified atom stereocenters. The number of rotatable bonds is 0. The zero-order valence-corrected chi connectivity index (χ0v) is 8.62. The van der Waals surface area contributed by atoms with Crippen LogP contribution in [0, 0.1) is 11.8 Å². The Morgan fingerprint density at radius 2 is 2.20 bits per heavy atom. The van der Waals surface area contributed by atoms with Crippen LogP contribution in [0.2, 0.25) is 0 Å². The Morgan fingerprint density at radius 3 is 2.90 bits per heavy atom. The molecule has 0 bridgehead atoms. The summed E-state index contributed by atoms with van der Waals surface area (Å²) in [4.78, 5) is 0.826. The van der Waals surface area contributed by atoms with Crippen molar-refractivity contribution in [3.8, 4) is 0 Å². The smallest absolute Gasteiger partial charge is 0.0275 e. The summed E-state index contributed by atoms with van der Waals surface area (Å²) in [7, 11) is 0. The van der Waals surface area contributed by atoms with E-state index < -0.39 is 0 Å². The van der Waals surface area contributed by atoms with E-state index in [0.717, 1.165) is 21.9 Å². The maximum Gasteiger partial charge on any atom is 0.0275 e. The predicted octanol–water partition coefficient (Wildman–Crippen LogP) is 2.91. The molecule has 1 aliphatic carbocycles. The van der Waals surface area contributed by atoms with Gasteiger partial charge in [0.1, 0.15) is 0 Å². The summed E-state index contributed by atoms with van der Waals surface area (Å²) >= 11 is 5.93. The molecule has 4 atom stereocenters. The normalized spacial score (nSPS) is 53.4. The third-order valence-corrected chi connectivity index (χ3v) is 5.67. The SMILES string of the molecule is CC1CC2SCC(Br)C2C1. The highest BCUT2D eigenvalue weighted by Crippen LogP contribution is 2.48. The highest BCUT2D eigenvalue weighted by Gasteiger charge is 2.41. The van der Waals surface area contributed by atoms with Crippen molar-refractivity contribution in [3.63, 3.8) is 0 Å². The largest absolute Gasteiger partial charge is 0.157 e. The van der Waals surface area contributed by atoms with E-state index in [4.69, 9.17) is 0 Å². The van der Waals surface area contributed by atoms with Crippen molar-refractivity contribution < 1.29 is 0 Å². The van der Waals surface area contributed by atoms with Gasteiger partial charge in [0.25, 0.3) is 0 Å². The fourth-order valence-electron chi connectivity index (χ4n) is 2.20. The molecule has 10 heavy (non-hydrogen) atoms. The average molecular weight is 221 g/mol. The number of thioether (sulfide) groups is 1. The van der Waals surface area contributed by atoms with Crippen LogP contribution in [0.3, 0.4) is 0 Å². The zero-order chi connectivity index (χ0) is 7.14. The van der Waals surface area contributed by atoms with Crippen LogP contribution in [0.25, 0.3) is 0 Å². The molecular formula is C8H13BrS. The summed E-state index contributed by atoms with van der Waals surface area (Å²) in [5.41, 5.74) is 0. The van der Waals surface area contributed by atoms with Crippen LogP contribution in [0.5, 0.6) is 0 Å². The Balaban J connectivity index is 2.05. The Hall–Kier alpha value is 0.830. The molecule has 1 aliphatic heterocycles. The van der Waals surface area contributed by atoms with E-state index >= 15 is 0 Å². The van der Waals surface area contributed by atoms with Gasteiger partial charge in [-0.15, -0.1) is 0 Å². The van der Waals surface area contributed by atoms with Gasteiger partial charge in [-0.25, -0.2) is 0 Å². The summed E-state index contributed by atoms with van der Waals surface area (Å²) in [6.07, 6.45) is 2.94.